The summed E-state index contributed by atoms with van der Waals surface area (Å²) in [7, 11) is 0. The van der Waals surface area contributed by atoms with Crippen molar-refractivity contribution >= 4 is 5.97 Å². The van der Waals surface area contributed by atoms with Crippen molar-refractivity contribution in [3.63, 3.8) is 0 Å². The molecular weight excluding hydrogens is 224 g/mol. The van der Waals surface area contributed by atoms with Crippen molar-refractivity contribution in [1.29, 1.82) is 0 Å². The van der Waals surface area contributed by atoms with Crippen molar-refractivity contribution in [3.05, 3.63) is 35.9 Å². The van der Waals surface area contributed by atoms with Crippen LogP contribution in [0.2, 0.25) is 0 Å². The number of benzene rings is 1. The highest BCUT2D eigenvalue weighted by molar-refractivity contribution is 5.69. The molecule has 0 N–H and O–H groups in total. The van der Waals surface area contributed by atoms with E-state index in [1.54, 1.807) is 0 Å². The Morgan fingerprint density at radius 1 is 1.22 bits per heavy atom. The number of ether oxygens (including phenoxy) is 1. The Morgan fingerprint density at radius 3 is 2.22 bits per heavy atom. The first kappa shape index (κ1) is 16.7. The first-order chi connectivity index (χ1) is 8.60. The third kappa shape index (κ3) is 9.88. The molecule has 1 aromatic rings. The third-order valence-electron chi connectivity index (χ3n) is 2.53. The molecule has 1 rings (SSSR count). The van der Waals surface area contributed by atoms with E-state index in [4.69, 9.17) is 4.74 Å². The van der Waals surface area contributed by atoms with Crippen LogP contribution in [0.3, 0.4) is 0 Å². The molecule has 0 aromatic heterocycles. The summed E-state index contributed by atoms with van der Waals surface area (Å²) in [6.07, 6.45) is 3.87. The van der Waals surface area contributed by atoms with Gasteiger partial charge >= 0.3 is 5.97 Å². The van der Waals surface area contributed by atoms with Crippen LogP contribution in [-0.4, -0.2) is 12.1 Å². The molecule has 0 radical (unpaired) electrons. The number of aryl methyl sites for hydroxylation is 1. The highest BCUT2D eigenvalue weighted by atomic mass is 16.5. The van der Waals surface area contributed by atoms with Gasteiger partial charge in [0, 0.05) is 6.42 Å². The van der Waals surface area contributed by atoms with Crippen molar-refractivity contribution < 1.29 is 9.53 Å². The summed E-state index contributed by atoms with van der Waals surface area (Å²) in [6.45, 7) is 7.98. The number of hydrogen-bond acceptors (Lipinski definition) is 2. The van der Waals surface area contributed by atoms with E-state index in [-0.39, 0.29) is 12.1 Å². The zero-order valence-corrected chi connectivity index (χ0v) is 12.1. The second kappa shape index (κ2) is 10.8. The molecule has 18 heavy (non-hydrogen) atoms. The molecule has 0 spiro atoms. The van der Waals surface area contributed by atoms with E-state index in [1.165, 1.54) is 5.56 Å². The molecule has 1 unspecified atom stereocenters. The van der Waals surface area contributed by atoms with Gasteiger partial charge in [0.25, 0.3) is 0 Å². The molecule has 0 bridgehead atoms. The molecule has 102 valence electrons. The SMILES string of the molecule is CCCCC(C)OC(=O)CC.Cc1ccccc1. The van der Waals surface area contributed by atoms with E-state index in [9.17, 15) is 4.79 Å². The molecule has 0 heterocycles. The van der Waals surface area contributed by atoms with Gasteiger partial charge in [0.05, 0.1) is 6.10 Å². The second-order valence-electron chi connectivity index (χ2n) is 4.45. The molecule has 0 aliphatic heterocycles. The van der Waals surface area contributed by atoms with Crippen molar-refractivity contribution in [2.24, 2.45) is 0 Å². The molecule has 0 saturated carbocycles. The lowest BCUT2D eigenvalue weighted by atomic mass is 10.2. The molecule has 0 amide bonds. The monoisotopic (exact) mass is 250 g/mol. The zero-order chi connectivity index (χ0) is 13.8. The number of carbonyl (C=O) groups is 1. The smallest absolute Gasteiger partial charge is 0.305 e. The Morgan fingerprint density at radius 2 is 1.83 bits per heavy atom. The Kier molecular flexibility index (Phi) is 10.0. The summed E-state index contributed by atoms with van der Waals surface area (Å²) < 4.78 is 5.06. The van der Waals surface area contributed by atoms with Crippen LogP contribution in [-0.2, 0) is 9.53 Å². The Hall–Kier alpha value is -1.31. The van der Waals surface area contributed by atoms with Crippen LogP contribution < -0.4 is 0 Å². The fraction of sp³-hybridized carbons (Fsp3) is 0.562. The molecule has 2 heteroatoms. The maximum atomic E-state index is 10.8. The number of carbonyl (C=O) groups excluding carboxylic acids is 1. The Balaban J connectivity index is 0.000000351. The fourth-order valence-electron chi connectivity index (χ4n) is 1.39. The van der Waals surface area contributed by atoms with Gasteiger partial charge in [-0.05, 0) is 20.3 Å². The van der Waals surface area contributed by atoms with Crippen LogP contribution in [0.5, 0.6) is 0 Å². The third-order valence-corrected chi connectivity index (χ3v) is 2.53. The standard InChI is InChI=1S/C9H18O2.C7H8/c1-4-6-7-8(3)11-9(10)5-2;1-7-5-3-2-4-6-7/h8H,4-7H2,1-3H3;2-6H,1H3. The van der Waals surface area contributed by atoms with Crippen molar-refractivity contribution in [3.8, 4) is 0 Å². The van der Waals surface area contributed by atoms with Crippen molar-refractivity contribution in [1.82, 2.24) is 0 Å². The highest BCUT2D eigenvalue weighted by Crippen LogP contribution is 2.04. The topological polar surface area (TPSA) is 26.3 Å². The molecule has 0 aliphatic carbocycles. The summed E-state index contributed by atoms with van der Waals surface area (Å²) in [5.74, 6) is -0.0893. The molecular formula is C16H26O2. The van der Waals surface area contributed by atoms with Gasteiger partial charge in [0.1, 0.15) is 0 Å². The predicted octanol–water partition coefficient (Wildman–Crippen LogP) is 4.51. The van der Waals surface area contributed by atoms with Crippen LogP contribution in [0.1, 0.15) is 52.0 Å². The summed E-state index contributed by atoms with van der Waals surface area (Å²) in [4.78, 5) is 10.8. The van der Waals surface area contributed by atoms with Crippen LogP contribution in [0.15, 0.2) is 30.3 Å². The maximum absolute atomic E-state index is 10.8. The van der Waals surface area contributed by atoms with Crippen molar-refractivity contribution in [2.45, 2.75) is 59.5 Å². The molecule has 1 atom stereocenters. The van der Waals surface area contributed by atoms with E-state index >= 15 is 0 Å². The normalized spacial score (nSPS) is 11.1. The van der Waals surface area contributed by atoms with Crippen LogP contribution in [0.4, 0.5) is 0 Å². The zero-order valence-electron chi connectivity index (χ0n) is 12.1. The fourth-order valence-corrected chi connectivity index (χ4v) is 1.39. The quantitative estimate of drug-likeness (QED) is 0.718. The summed E-state index contributed by atoms with van der Waals surface area (Å²) in [6, 6.07) is 10.3. The molecule has 1 aromatic carbocycles. The van der Waals surface area contributed by atoms with Crippen LogP contribution >= 0.6 is 0 Å². The van der Waals surface area contributed by atoms with Gasteiger partial charge in [-0.3, -0.25) is 4.79 Å². The minimum absolute atomic E-state index is 0.0893. The van der Waals surface area contributed by atoms with Crippen molar-refractivity contribution in [2.75, 3.05) is 0 Å². The average molecular weight is 250 g/mol. The van der Waals surface area contributed by atoms with Gasteiger partial charge < -0.3 is 4.74 Å². The summed E-state index contributed by atoms with van der Waals surface area (Å²) in [5.41, 5.74) is 1.32. The number of rotatable bonds is 5. The Bertz CT molecular complexity index is 306. The lowest BCUT2D eigenvalue weighted by Crippen LogP contribution is -2.13. The first-order valence-electron chi connectivity index (χ1n) is 6.81. The van der Waals surface area contributed by atoms with Gasteiger partial charge in [-0.15, -0.1) is 0 Å². The lowest BCUT2D eigenvalue weighted by molar-refractivity contribution is -0.148. The van der Waals surface area contributed by atoms with Gasteiger partial charge in [0.2, 0.25) is 0 Å². The first-order valence-corrected chi connectivity index (χ1v) is 6.81. The molecule has 0 aliphatic rings. The van der Waals surface area contributed by atoms with Gasteiger partial charge in [-0.2, -0.15) is 0 Å². The number of esters is 1. The molecule has 0 fully saturated rings. The summed E-state index contributed by atoms with van der Waals surface area (Å²) in [5, 5.41) is 0. The largest absolute Gasteiger partial charge is 0.463 e. The van der Waals surface area contributed by atoms with Crippen LogP contribution in [0, 0.1) is 6.92 Å². The van der Waals surface area contributed by atoms with E-state index in [2.05, 4.69) is 26.0 Å². The Labute approximate surface area is 111 Å². The van der Waals surface area contributed by atoms with Gasteiger partial charge in [-0.1, -0.05) is 62.6 Å². The van der Waals surface area contributed by atoms with E-state index in [0.717, 1.165) is 19.3 Å². The van der Waals surface area contributed by atoms with Gasteiger partial charge in [-0.25, -0.2) is 0 Å². The van der Waals surface area contributed by atoms with Gasteiger partial charge in [0.15, 0.2) is 0 Å². The van der Waals surface area contributed by atoms with Crippen LogP contribution in [0.25, 0.3) is 0 Å². The number of hydrogen-bond donors (Lipinski definition) is 0. The van der Waals surface area contributed by atoms with E-state index in [0.29, 0.717) is 6.42 Å². The second-order valence-corrected chi connectivity index (χ2v) is 4.45. The minimum Gasteiger partial charge on any atom is -0.463 e. The minimum atomic E-state index is -0.0893. The number of unbranched alkanes of at least 4 members (excludes halogenated alkanes) is 1. The highest BCUT2D eigenvalue weighted by Gasteiger charge is 2.05. The van der Waals surface area contributed by atoms with E-state index < -0.39 is 0 Å². The predicted molar refractivity (Wildman–Crippen MR) is 76.5 cm³/mol. The maximum Gasteiger partial charge on any atom is 0.305 e. The molecule has 0 saturated heterocycles. The van der Waals surface area contributed by atoms with E-state index in [1.807, 2.05) is 32.0 Å². The summed E-state index contributed by atoms with van der Waals surface area (Å²) >= 11 is 0. The molecule has 2 nitrogen and oxygen atoms in total. The average Bonchev–Trinajstić information content (AvgIpc) is 2.38. The lowest BCUT2D eigenvalue weighted by Gasteiger charge is -2.11.